The average molecular weight is 187 g/mol. The highest BCUT2D eigenvalue weighted by molar-refractivity contribution is 8.02. The molecule has 1 amide bonds. The number of fused-ring (bicyclic) bond motifs is 2. The van der Waals surface area contributed by atoms with Gasteiger partial charge in [0.1, 0.15) is 6.54 Å². The third-order valence-electron chi connectivity index (χ3n) is 2.17. The van der Waals surface area contributed by atoms with Crippen LogP contribution < -0.4 is 0 Å². The van der Waals surface area contributed by atoms with Crippen LogP contribution in [-0.4, -0.2) is 45.5 Å². The van der Waals surface area contributed by atoms with Gasteiger partial charge in [0, 0.05) is 11.8 Å². The molecule has 3 fully saturated rings. The maximum Gasteiger partial charge on any atom is 0.323 e. The van der Waals surface area contributed by atoms with Gasteiger partial charge in [0.05, 0.1) is 5.25 Å². The van der Waals surface area contributed by atoms with Gasteiger partial charge in [0.25, 0.3) is 0 Å². The predicted molar refractivity (Wildman–Crippen MR) is 44.0 cm³/mol. The fourth-order valence-electron chi connectivity index (χ4n) is 1.58. The van der Waals surface area contributed by atoms with Crippen molar-refractivity contribution in [2.45, 2.75) is 16.9 Å². The van der Waals surface area contributed by atoms with E-state index in [0.717, 1.165) is 6.42 Å². The first kappa shape index (κ1) is 7.91. The molecule has 12 heavy (non-hydrogen) atoms. The minimum atomic E-state index is -0.922. The number of amides is 1. The van der Waals surface area contributed by atoms with Gasteiger partial charge < -0.3 is 10.0 Å². The lowest BCUT2D eigenvalue weighted by molar-refractivity contribution is -0.145. The van der Waals surface area contributed by atoms with E-state index in [1.807, 2.05) is 0 Å². The van der Waals surface area contributed by atoms with E-state index in [4.69, 9.17) is 5.11 Å². The van der Waals surface area contributed by atoms with Crippen LogP contribution in [0, 0.1) is 0 Å². The van der Waals surface area contributed by atoms with Crippen LogP contribution in [0.4, 0.5) is 0 Å². The molecule has 5 heteroatoms. The fourth-order valence-corrected chi connectivity index (χ4v) is 2.87. The molecule has 3 saturated heterocycles. The van der Waals surface area contributed by atoms with Gasteiger partial charge >= 0.3 is 5.97 Å². The monoisotopic (exact) mass is 187 g/mol. The molecule has 0 aromatic heterocycles. The molecule has 0 aromatic rings. The van der Waals surface area contributed by atoms with E-state index in [1.54, 1.807) is 11.8 Å². The Morgan fingerprint density at radius 1 is 1.75 bits per heavy atom. The van der Waals surface area contributed by atoms with Gasteiger partial charge in [-0.2, -0.15) is 0 Å². The van der Waals surface area contributed by atoms with E-state index < -0.39 is 5.97 Å². The number of carboxylic acids is 1. The summed E-state index contributed by atoms with van der Waals surface area (Å²) in [5, 5.41) is 9.03. The number of carbonyl (C=O) groups is 2. The molecule has 0 radical (unpaired) electrons. The minimum Gasteiger partial charge on any atom is -0.480 e. The molecule has 3 rings (SSSR count). The van der Waals surface area contributed by atoms with E-state index in [1.165, 1.54) is 4.90 Å². The van der Waals surface area contributed by atoms with Crippen LogP contribution in [-0.2, 0) is 9.59 Å². The highest BCUT2D eigenvalue weighted by atomic mass is 32.2. The molecule has 0 aromatic carbocycles. The van der Waals surface area contributed by atoms with Crippen LogP contribution in [0.5, 0.6) is 0 Å². The van der Waals surface area contributed by atoms with E-state index in [-0.39, 0.29) is 17.7 Å². The Morgan fingerprint density at radius 3 is 2.92 bits per heavy atom. The predicted octanol–water partition coefficient (Wildman–Crippen LogP) is -0.213. The Kier molecular flexibility index (Phi) is 1.75. The molecule has 0 aliphatic carbocycles. The van der Waals surface area contributed by atoms with Crippen LogP contribution in [0.2, 0.25) is 0 Å². The molecule has 0 spiro atoms. The van der Waals surface area contributed by atoms with Crippen molar-refractivity contribution in [3.8, 4) is 0 Å². The minimum absolute atomic E-state index is 0.00454. The Labute approximate surface area is 73.9 Å². The van der Waals surface area contributed by atoms with Crippen LogP contribution in [0.3, 0.4) is 0 Å². The molecule has 3 aliphatic heterocycles. The third-order valence-corrected chi connectivity index (χ3v) is 3.62. The number of carbonyl (C=O) groups excluding carboxylic acids is 1. The van der Waals surface area contributed by atoms with Gasteiger partial charge in [-0.1, -0.05) is 0 Å². The van der Waals surface area contributed by atoms with Crippen molar-refractivity contribution in [2.24, 2.45) is 0 Å². The van der Waals surface area contributed by atoms with Crippen molar-refractivity contribution >= 4 is 23.6 Å². The number of aliphatic carboxylic acids is 1. The van der Waals surface area contributed by atoms with Gasteiger partial charge in [0.15, 0.2) is 0 Å². The summed E-state index contributed by atoms with van der Waals surface area (Å²) in [6.07, 6.45) is 0.944. The summed E-state index contributed by atoms with van der Waals surface area (Å²) in [7, 11) is 0. The molecule has 66 valence electrons. The molecule has 2 atom stereocenters. The zero-order valence-electron chi connectivity index (χ0n) is 6.40. The van der Waals surface area contributed by atoms with E-state index in [0.29, 0.717) is 11.8 Å². The van der Waals surface area contributed by atoms with Crippen molar-refractivity contribution < 1.29 is 14.7 Å². The Morgan fingerprint density at radius 2 is 2.42 bits per heavy atom. The molecule has 2 bridgehead atoms. The molecule has 3 aliphatic rings. The smallest absolute Gasteiger partial charge is 0.323 e. The summed E-state index contributed by atoms with van der Waals surface area (Å²) in [5.41, 5.74) is 0. The lowest BCUT2D eigenvalue weighted by atomic mass is 10.1. The fraction of sp³-hybridized carbons (Fsp3) is 0.714. The van der Waals surface area contributed by atoms with E-state index in [9.17, 15) is 9.59 Å². The summed E-state index contributed by atoms with van der Waals surface area (Å²) >= 11 is 1.67. The Hall–Kier alpha value is -0.710. The number of thioether (sulfide) groups is 1. The van der Waals surface area contributed by atoms with Gasteiger partial charge in [-0.15, -0.1) is 11.8 Å². The number of carboxylic acid groups (broad SMARTS) is 1. The van der Waals surface area contributed by atoms with E-state index >= 15 is 0 Å². The molecule has 1 N–H and O–H groups in total. The lowest BCUT2D eigenvalue weighted by Gasteiger charge is -2.44. The second-order valence-corrected chi connectivity index (χ2v) is 4.60. The molecular weight excluding hydrogens is 178 g/mol. The molecule has 2 unspecified atom stereocenters. The maximum absolute atomic E-state index is 11.3. The molecular formula is C7H9NO3S. The number of hydrogen-bond acceptors (Lipinski definition) is 3. The largest absolute Gasteiger partial charge is 0.480 e. The second kappa shape index (κ2) is 2.65. The van der Waals surface area contributed by atoms with Crippen molar-refractivity contribution in [2.75, 3.05) is 13.1 Å². The van der Waals surface area contributed by atoms with Crippen molar-refractivity contribution in [3.63, 3.8) is 0 Å². The SMILES string of the molecule is O=C(O)CN1CC2CC(S2)C1=O. The molecule has 3 heterocycles. The normalized spacial score (nSPS) is 33.0. The number of rotatable bonds is 2. The summed E-state index contributed by atoms with van der Waals surface area (Å²) in [6.45, 7) is 0.485. The van der Waals surface area contributed by atoms with Gasteiger partial charge in [-0.3, -0.25) is 9.59 Å². The highest BCUT2D eigenvalue weighted by Gasteiger charge is 2.44. The number of nitrogens with zero attached hydrogens (tertiary/aromatic N) is 1. The van der Waals surface area contributed by atoms with Gasteiger partial charge in [-0.05, 0) is 6.42 Å². The van der Waals surface area contributed by atoms with Crippen molar-refractivity contribution in [1.82, 2.24) is 4.90 Å². The summed E-state index contributed by atoms with van der Waals surface area (Å²) in [6, 6.07) is 0. The highest BCUT2D eigenvalue weighted by Crippen LogP contribution is 2.42. The Bertz CT molecular complexity index is 237. The van der Waals surface area contributed by atoms with Gasteiger partial charge in [-0.25, -0.2) is 0 Å². The standard InChI is InChI=1S/C7H9NO3S/c9-6(10)3-8-2-4-1-5(12-4)7(8)11/h4-5H,1-3H2,(H,9,10). The zero-order chi connectivity index (χ0) is 8.72. The lowest BCUT2D eigenvalue weighted by Crippen LogP contribution is -2.56. The first-order valence-electron chi connectivity index (χ1n) is 3.83. The summed E-state index contributed by atoms with van der Waals surface area (Å²) < 4.78 is 0. The summed E-state index contributed by atoms with van der Waals surface area (Å²) in [5.74, 6) is -0.917. The second-order valence-electron chi connectivity index (χ2n) is 3.09. The van der Waals surface area contributed by atoms with Crippen LogP contribution in [0.25, 0.3) is 0 Å². The first-order valence-corrected chi connectivity index (χ1v) is 4.77. The van der Waals surface area contributed by atoms with Crippen LogP contribution in [0.1, 0.15) is 6.42 Å². The van der Waals surface area contributed by atoms with Crippen molar-refractivity contribution in [1.29, 1.82) is 0 Å². The number of piperidine rings is 1. The first-order chi connectivity index (χ1) is 5.66. The van der Waals surface area contributed by atoms with Crippen LogP contribution in [0.15, 0.2) is 0 Å². The number of hydrogen-bond donors (Lipinski definition) is 1. The third kappa shape index (κ3) is 1.18. The van der Waals surface area contributed by atoms with Crippen molar-refractivity contribution in [3.05, 3.63) is 0 Å². The maximum atomic E-state index is 11.3. The molecule has 0 saturated carbocycles. The topological polar surface area (TPSA) is 57.6 Å². The summed E-state index contributed by atoms with van der Waals surface area (Å²) in [4.78, 5) is 23.1. The average Bonchev–Trinajstić information content (AvgIpc) is 1.89. The Balaban J connectivity index is 1.98. The zero-order valence-corrected chi connectivity index (χ0v) is 7.21. The quantitative estimate of drug-likeness (QED) is 0.649. The molecule has 4 nitrogen and oxygen atoms in total. The van der Waals surface area contributed by atoms with Crippen LogP contribution >= 0.6 is 11.8 Å². The van der Waals surface area contributed by atoms with Gasteiger partial charge in [0.2, 0.25) is 5.91 Å². The van der Waals surface area contributed by atoms with E-state index in [2.05, 4.69) is 0 Å².